The molecule has 0 atom stereocenters. The number of hydrogen-bond acceptors (Lipinski definition) is 6. The molecule has 0 radical (unpaired) electrons. The average Bonchev–Trinajstić information content (AvgIpc) is 3.29. The lowest BCUT2D eigenvalue weighted by Crippen LogP contribution is -2.47. The van der Waals surface area contributed by atoms with E-state index in [1.807, 2.05) is 11.5 Å². The largest absolute Gasteiger partial charge is 0.510 e. The number of nitrogens with zero attached hydrogens (tertiary/aromatic N) is 4. The molecule has 40 heavy (non-hydrogen) atoms. The number of imidazole rings is 1. The Balaban J connectivity index is 1.32. The van der Waals surface area contributed by atoms with E-state index >= 15 is 0 Å². The molecule has 5 rings (SSSR count). The van der Waals surface area contributed by atoms with Crippen LogP contribution in [0.25, 0.3) is 11.4 Å². The van der Waals surface area contributed by atoms with Crippen LogP contribution in [0, 0.1) is 13.8 Å². The van der Waals surface area contributed by atoms with Crippen LogP contribution in [0.3, 0.4) is 0 Å². The van der Waals surface area contributed by atoms with E-state index < -0.39 is 6.16 Å². The maximum absolute atomic E-state index is 11.9. The highest BCUT2D eigenvalue weighted by Gasteiger charge is 2.27. The first-order valence-corrected chi connectivity index (χ1v) is 14.0. The third-order valence-electron chi connectivity index (χ3n) is 7.58. The van der Waals surface area contributed by atoms with Gasteiger partial charge in [0.1, 0.15) is 5.82 Å². The first-order valence-electron chi connectivity index (χ1n) is 14.0. The Bertz CT molecular complexity index is 1340. The number of ether oxygens (including phenoxy) is 2. The fraction of sp³-hybridized carbons (Fsp3) is 0.333. The first kappa shape index (κ1) is 27.6. The van der Waals surface area contributed by atoms with Crippen molar-refractivity contribution >= 4 is 6.16 Å². The minimum Gasteiger partial charge on any atom is -0.435 e. The molecule has 1 aromatic heterocycles. The summed E-state index contributed by atoms with van der Waals surface area (Å²) in [5, 5.41) is 0. The van der Waals surface area contributed by atoms with Crippen molar-refractivity contribution in [1.29, 1.82) is 0 Å². The molecular weight excluding hydrogens is 500 g/mol. The molecule has 0 spiro atoms. The van der Waals surface area contributed by atoms with Crippen LogP contribution in [0.1, 0.15) is 41.0 Å². The van der Waals surface area contributed by atoms with E-state index in [1.54, 1.807) is 6.92 Å². The van der Waals surface area contributed by atoms with E-state index in [9.17, 15) is 4.79 Å². The summed E-state index contributed by atoms with van der Waals surface area (Å²) in [6, 6.07) is 30.1. The van der Waals surface area contributed by atoms with Crippen molar-refractivity contribution in [2.24, 2.45) is 0 Å². The fourth-order valence-electron chi connectivity index (χ4n) is 5.37. The SMILES string of the molecule is CCOC(=O)OCn1c(-c2ccc(C)cc2)nc(CN2CCN(C(c3ccccc3)c3ccccc3)CC2)c1C. The topological polar surface area (TPSA) is 59.8 Å². The summed E-state index contributed by atoms with van der Waals surface area (Å²) >= 11 is 0. The van der Waals surface area contributed by atoms with Gasteiger partial charge in [-0.25, -0.2) is 9.78 Å². The molecule has 0 N–H and O–H groups in total. The quantitative estimate of drug-likeness (QED) is 0.236. The van der Waals surface area contributed by atoms with Crippen molar-refractivity contribution < 1.29 is 14.3 Å². The number of aryl methyl sites for hydroxylation is 1. The summed E-state index contributed by atoms with van der Waals surface area (Å²) in [5.74, 6) is 0.795. The second-order valence-corrected chi connectivity index (χ2v) is 10.3. The molecule has 0 amide bonds. The number of carbonyl (C=O) groups excluding carboxylic acids is 1. The molecule has 0 aliphatic carbocycles. The van der Waals surface area contributed by atoms with Gasteiger partial charge in [-0.3, -0.25) is 14.4 Å². The number of piperazine rings is 1. The van der Waals surface area contributed by atoms with Crippen LogP contribution in [-0.2, 0) is 22.7 Å². The molecule has 0 saturated carbocycles. The molecule has 1 saturated heterocycles. The lowest BCUT2D eigenvalue weighted by atomic mass is 9.96. The van der Waals surface area contributed by atoms with Gasteiger partial charge >= 0.3 is 6.16 Å². The molecule has 0 bridgehead atoms. The molecule has 7 heteroatoms. The molecule has 1 aliphatic heterocycles. The standard InChI is InChI=1S/C33H38N4O3/c1-4-39-33(38)40-24-37-26(3)30(34-32(37)29-17-15-25(2)16-18-29)23-35-19-21-36(22-20-35)31(27-11-7-5-8-12-27)28-13-9-6-10-14-28/h5-18,31H,4,19-24H2,1-3H3. The van der Waals surface area contributed by atoms with Crippen molar-refractivity contribution in [3.8, 4) is 11.4 Å². The van der Waals surface area contributed by atoms with Crippen molar-refractivity contribution in [2.45, 2.75) is 40.1 Å². The third-order valence-corrected chi connectivity index (χ3v) is 7.58. The second kappa shape index (κ2) is 12.9. The van der Waals surface area contributed by atoms with Crippen LogP contribution >= 0.6 is 0 Å². The number of aromatic nitrogens is 2. The minimum atomic E-state index is -0.672. The number of carbonyl (C=O) groups is 1. The van der Waals surface area contributed by atoms with Gasteiger partial charge in [-0.05, 0) is 31.9 Å². The Kier molecular flexibility index (Phi) is 8.94. The van der Waals surface area contributed by atoms with Crippen LogP contribution < -0.4 is 0 Å². The summed E-state index contributed by atoms with van der Waals surface area (Å²) in [4.78, 5) is 22.0. The van der Waals surface area contributed by atoms with Gasteiger partial charge < -0.3 is 9.47 Å². The molecule has 7 nitrogen and oxygen atoms in total. The Labute approximate surface area is 237 Å². The maximum atomic E-state index is 11.9. The smallest absolute Gasteiger partial charge is 0.435 e. The summed E-state index contributed by atoms with van der Waals surface area (Å²) in [5.41, 5.74) is 6.81. The van der Waals surface area contributed by atoms with Crippen LogP contribution in [0.2, 0.25) is 0 Å². The summed E-state index contributed by atoms with van der Waals surface area (Å²) in [6.45, 7) is 10.8. The monoisotopic (exact) mass is 538 g/mol. The van der Waals surface area contributed by atoms with Crippen LogP contribution in [-0.4, -0.2) is 58.3 Å². The van der Waals surface area contributed by atoms with Crippen molar-refractivity contribution in [1.82, 2.24) is 19.4 Å². The van der Waals surface area contributed by atoms with E-state index in [2.05, 4.69) is 102 Å². The lowest BCUT2D eigenvalue weighted by Gasteiger charge is -2.39. The molecule has 3 aromatic carbocycles. The number of benzene rings is 3. The zero-order valence-corrected chi connectivity index (χ0v) is 23.6. The molecular formula is C33H38N4O3. The fourth-order valence-corrected chi connectivity index (χ4v) is 5.37. The van der Waals surface area contributed by atoms with Gasteiger partial charge in [-0.1, -0.05) is 90.5 Å². The second-order valence-electron chi connectivity index (χ2n) is 10.3. The van der Waals surface area contributed by atoms with E-state index in [0.29, 0.717) is 0 Å². The van der Waals surface area contributed by atoms with E-state index in [0.717, 1.165) is 55.5 Å². The molecule has 4 aromatic rings. The van der Waals surface area contributed by atoms with Crippen molar-refractivity contribution in [3.63, 3.8) is 0 Å². The Morgan fingerprint density at radius 3 is 2.00 bits per heavy atom. The molecule has 208 valence electrons. The zero-order chi connectivity index (χ0) is 27.9. The van der Waals surface area contributed by atoms with Gasteiger partial charge in [-0.2, -0.15) is 0 Å². The van der Waals surface area contributed by atoms with E-state index in [4.69, 9.17) is 14.5 Å². The third kappa shape index (κ3) is 6.43. The molecule has 1 fully saturated rings. The summed E-state index contributed by atoms with van der Waals surface area (Å²) < 4.78 is 12.3. The van der Waals surface area contributed by atoms with Gasteiger partial charge in [0.2, 0.25) is 0 Å². The van der Waals surface area contributed by atoms with Crippen LogP contribution in [0.4, 0.5) is 4.79 Å². The van der Waals surface area contributed by atoms with E-state index in [1.165, 1.54) is 16.7 Å². The van der Waals surface area contributed by atoms with E-state index in [-0.39, 0.29) is 19.4 Å². The van der Waals surface area contributed by atoms with Gasteiger partial charge in [0.25, 0.3) is 0 Å². The highest BCUT2D eigenvalue weighted by atomic mass is 16.7. The Hall–Kier alpha value is -3.94. The van der Waals surface area contributed by atoms with Crippen LogP contribution in [0.15, 0.2) is 84.9 Å². The number of hydrogen-bond donors (Lipinski definition) is 0. The van der Waals surface area contributed by atoms with Gasteiger partial charge in [0.05, 0.1) is 18.3 Å². The normalized spacial score (nSPS) is 14.4. The predicted molar refractivity (Wildman–Crippen MR) is 157 cm³/mol. The highest BCUT2D eigenvalue weighted by molar-refractivity contribution is 5.60. The van der Waals surface area contributed by atoms with Gasteiger partial charge in [-0.15, -0.1) is 0 Å². The minimum absolute atomic E-state index is 0.0600. The Morgan fingerprint density at radius 1 is 0.825 bits per heavy atom. The molecule has 2 heterocycles. The Morgan fingerprint density at radius 2 is 1.43 bits per heavy atom. The predicted octanol–water partition coefficient (Wildman–Crippen LogP) is 6.20. The molecule has 0 unspecified atom stereocenters. The summed E-state index contributed by atoms with van der Waals surface area (Å²) in [6.07, 6.45) is -0.672. The van der Waals surface area contributed by atoms with Gasteiger partial charge in [0, 0.05) is 44.0 Å². The molecule has 1 aliphatic rings. The van der Waals surface area contributed by atoms with Crippen molar-refractivity contribution in [2.75, 3.05) is 32.8 Å². The zero-order valence-electron chi connectivity index (χ0n) is 23.6. The maximum Gasteiger partial charge on any atom is 0.510 e. The lowest BCUT2D eigenvalue weighted by molar-refractivity contribution is 0.0369. The number of rotatable bonds is 9. The van der Waals surface area contributed by atoms with Gasteiger partial charge in [0.15, 0.2) is 6.73 Å². The highest BCUT2D eigenvalue weighted by Crippen LogP contribution is 2.30. The van der Waals surface area contributed by atoms with Crippen molar-refractivity contribution in [3.05, 3.63) is 113 Å². The first-order chi connectivity index (χ1) is 19.5. The average molecular weight is 539 g/mol. The van der Waals surface area contributed by atoms with Crippen LogP contribution in [0.5, 0.6) is 0 Å². The summed E-state index contributed by atoms with van der Waals surface area (Å²) in [7, 11) is 0.